The van der Waals surface area contributed by atoms with Gasteiger partial charge in [0.2, 0.25) is 0 Å². The monoisotopic (exact) mass is 319 g/mol. The normalized spacial score (nSPS) is 10.3. The Morgan fingerprint density at radius 3 is 2.38 bits per heavy atom. The zero-order valence-electron chi connectivity index (χ0n) is 11.9. The molecule has 0 aliphatic rings. The predicted octanol–water partition coefficient (Wildman–Crippen LogP) is -2.22. The van der Waals surface area contributed by atoms with Crippen molar-refractivity contribution in [3.05, 3.63) is 33.9 Å². The Bertz CT molecular complexity index is 439. The summed E-state index contributed by atoms with van der Waals surface area (Å²) in [5, 5.41) is 28.9. The molecule has 0 amide bonds. The highest BCUT2D eigenvalue weighted by atomic mass is 35.5. The molecule has 0 atom stereocenters. The molecular weight excluding hydrogens is 300 g/mol. The minimum Gasteiger partial charge on any atom is -1.00 e. The van der Waals surface area contributed by atoms with Crippen molar-refractivity contribution < 1.29 is 32.3 Å². The summed E-state index contributed by atoms with van der Waals surface area (Å²) < 4.78 is 5.22. The van der Waals surface area contributed by atoms with Gasteiger partial charge in [-0.3, -0.25) is 15.0 Å². The van der Waals surface area contributed by atoms with E-state index in [1.165, 1.54) is 6.07 Å². The molecule has 0 aliphatic carbocycles. The third kappa shape index (κ3) is 6.26. The van der Waals surface area contributed by atoms with E-state index in [0.717, 1.165) is 5.56 Å². The molecule has 1 aromatic rings. The molecule has 0 radical (unpaired) electrons. The molecule has 0 unspecified atom stereocenters. The Hall–Kier alpha value is -1.41. The number of hydrogen-bond donors (Lipinski definition) is 2. The molecule has 0 saturated heterocycles. The second-order valence-electron chi connectivity index (χ2n) is 4.22. The van der Waals surface area contributed by atoms with Gasteiger partial charge in [0, 0.05) is 25.7 Å². The Balaban J connectivity index is 0.00000400. The van der Waals surface area contributed by atoms with E-state index in [-0.39, 0.29) is 37.1 Å². The van der Waals surface area contributed by atoms with Gasteiger partial charge in [0.15, 0.2) is 5.75 Å². The van der Waals surface area contributed by atoms with Crippen LogP contribution in [0.1, 0.15) is 12.5 Å². The Morgan fingerprint density at radius 2 is 1.90 bits per heavy atom. The van der Waals surface area contributed by atoms with E-state index in [1.54, 1.807) is 19.1 Å². The smallest absolute Gasteiger partial charge is 0.311 e. The van der Waals surface area contributed by atoms with Crippen molar-refractivity contribution in [2.24, 2.45) is 0 Å². The average molecular weight is 320 g/mol. The maximum atomic E-state index is 11.0. The summed E-state index contributed by atoms with van der Waals surface area (Å²) in [7, 11) is 0. The van der Waals surface area contributed by atoms with E-state index in [1.807, 2.05) is 4.90 Å². The van der Waals surface area contributed by atoms with Gasteiger partial charge in [-0.15, -0.1) is 0 Å². The number of nitro groups is 1. The summed E-state index contributed by atoms with van der Waals surface area (Å²) in [6.45, 7) is 3.30. The van der Waals surface area contributed by atoms with E-state index in [4.69, 9.17) is 14.9 Å². The van der Waals surface area contributed by atoms with Crippen molar-refractivity contribution >= 4 is 5.69 Å². The van der Waals surface area contributed by atoms with Gasteiger partial charge in [-0.2, -0.15) is 0 Å². The number of ether oxygens (including phenoxy) is 1. The van der Waals surface area contributed by atoms with Crippen LogP contribution in [0.4, 0.5) is 5.69 Å². The molecule has 0 saturated carbocycles. The lowest BCUT2D eigenvalue weighted by atomic mass is 10.1. The summed E-state index contributed by atoms with van der Waals surface area (Å²) in [6.07, 6.45) is 0. The number of nitrogens with zero attached hydrogens (tertiary/aromatic N) is 2. The van der Waals surface area contributed by atoms with Crippen LogP contribution in [0, 0.1) is 10.1 Å². The standard InChI is InChI=1S/C13H20N2O5.ClH/c1-2-20-13-4-3-11(9-12(13)15(18)19)10-14(5-7-16)6-8-17;/h3-4,9,16-17H,2,5-8,10H2,1H3;1H/p-1. The number of aliphatic hydroxyl groups is 2. The number of aliphatic hydroxyl groups excluding tert-OH is 2. The van der Waals surface area contributed by atoms with Crippen LogP contribution in [-0.2, 0) is 6.54 Å². The van der Waals surface area contributed by atoms with Crippen molar-refractivity contribution in [2.45, 2.75) is 13.5 Å². The number of halogens is 1. The lowest BCUT2D eigenvalue weighted by Crippen LogP contribution is -3.00. The Labute approximate surface area is 129 Å². The van der Waals surface area contributed by atoms with Crippen molar-refractivity contribution in [3.63, 3.8) is 0 Å². The minimum atomic E-state index is -0.475. The number of rotatable bonds is 9. The minimum absolute atomic E-state index is 0. The van der Waals surface area contributed by atoms with Gasteiger partial charge in [-0.25, -0.2) is 0 Å². The fourth-order valence-electron chi connectivity index (χ4n) is 1.89. The first-order valence-corrected chi connectivity index (χ1v) is 6.46. The van der Waals surface area contributed by atoms with Gasteiger partial charge in [-0.05, 0) is 18.6 Å². The van der Waals surface area contributed by atoms with E-state index in [0.29, 0.717) is 26.2 Å². The van der Waals surface area contributed by atoms with Crippen molar-refractivity contribution in [2.75, 3.05) is 32.9 Å². The van der Waals surface area contributed by atoms with Gasteiger partial charge in [0.1, 0.15) is 0 Å². The van der Waals surface area contributed by atoms with E-state index < -0.39 is 4.92 Å². The molecule has 1 rings (SSSR count). The van der Waals surface area contributed by atoms with Gasteiger partial charge in [0.25, 0.3) is 0 Å². The number of hydrogen-bond acceptors (Lipinski definition) is 6. The van der Waals surface area contributed by atoms with E-state index in [9.17, 15) is 10.1 Å². The highest BCUT2D eigenvalue weighted by Gasteiger charge is 2.16. The van der Waals surface area contributed by atoms with Crippen molar-refractivity contribution in [1.29, 1.82) is 0 Å². The molecular formula is C13H20ClN2O5-. The topological polar surface area (TPSA) is 96.1 Å². The Kier molecular flexibility index (Phi) is 9.64. The molecule has 0 heterocycles. The maximum Gasteiger partial charge on any atom is 0.311 e. The largest absolute Gasteiger partial charge is 1.00 e. The fourth-order valence-corrected chi connectivity index (χ4v) is 1.89. The second kappa shape index (κ2) is 10.3. The first-order chi connectivity index (χ1) is 9.62. The highest BCUT2D eigenvalue weighted by Crippen LogP contribution is 2.28. The fraction of sp³-hybridized carbons (Fsp3) is 0.538. The second-order valence-corrected chi connectivity index (χ2v) is 4.22. The summed E-state index contributed by atoms with van der Waals surface area (Å²) in [5.74, 6) is 0.247. The lowest BCUT2D eigenvalue weighted by Gasteiger charge is -2.20. The molecule has 21 heavy (non-hydrogen) atoms. The molecule has 2 N–H and O–H groups in total. The van der Waals surface area contributed by atoms with Crippen LogP contribution in [0.15, 0.2) is 18.2 Å². The molecule has 120 valence electrons. The first kappa shape index (κ1) is 19.6. The van der Waals surface area contributed by atoms with Gasteiger partial charge in [0.05, 0.1) is 24.7 Å². The number of nitro benzene ring substituents is 1. The van der Waals surface area contributed by atoms with E-state index >= 15 is 0 Å². The van der Waals surface area contributed by atoms with Crippen LogP contribution >= 0.6 is 0 Å². The molecule has 0 aromatic heterocycles. The quantitative estimate of drug-likeness (QED) is 0.395. The number of benzene rings is 1. The summed E-state index contributed by atoms with van der Waals surface area (Å²) in [6, 6.07) is 4.79. The van der Waals surface area contributed by atoms with Crippen LogP contribution < -0.4 is 17.1 Å². The SMILES string of the molecule is CCOc1ccc(CN(CCO)CCO)cc1[N+](=O)[O-].[Cl-]. The average Bonchev–Trinajstić information content (AvgIpc) is 2.41. The van der Waals surface area contributed by atoms with Gasteiger partial charge in [-0.1, -0.05) is 6.07 Å². The molecule has 0 bridgehead atoms. The molecule has 1 aromatic carbocycles. The van der Waals surface area contributed by atoms with Crippen molar-refractivity contribution in [3.8, 4) is 5.75 Å². The predicted molar refractivity (Wildman–Crippen MR) is 73.7 cm³/mol. The first-order valence-electron chi connectivity index (χ1n) is 6.46. The van der Waals surface area contributed by atoms with Crippen LogP contribution in [0.5, 0.6) is 5.75 Å². The lowest BCUT2D eigenvalue weighted by molar-refractivity contribution is -0.385. The van der Waals surface area contributed by atoms with Crippen molar-refractivity contribution in [1.82, 2.24) is 4.90 Å². The molecule has 8 heteroatoms. The van der Waals surface area contributed by atoms with Gasteiger partial charge < -0.3 is 27.4 Å². The summed E-state index contributed by atoms with van der Waals surface area (Å²) >= 11 is 0. The Morgan fingerprint density at radius 1 is 1.29 bits per heavy atom. The molecule has 7 nitrogen and oxygen atoms in total. The van der Waals surface area contributed by atoms with E-state index in [2.05, 4.69) is 0 Å². The van der Waals surface area contributed by atoms with Crippen LogP contribution in [0.3, 0.4) is 0 Å². The molecule has 0 aliphatic heterocycles. The van der Waals surface area contributed by atoms with Crippen LogP contribution in [-0.4, -0.2) is 52.9 Å². The zero-order valence-corrected chi connectivity index (χ0v) is 12.6. The van der Waals surface area contributed by atoms with Crippen LogP contribution in [0.25, 0.3) is 0 Å². The molecule has 0 spiro atoms. The summed E-state index contributed by atoms with van der Waals surface area (Å²) in [4.78, 5) is 12.4. The third-order valence-corrected chi connectivity index (χ3v) is 2.76. The summed E-state index contributed by atoms with van der Waals surface area (Å²) in [5.41, 5.74) is 0.666. The van der Waals surface area contributed by atoms with Crippen LogP contribution in [0.2, 0.25) is 0 Å². The molecule has 0 fully saturated rings. The maximum absolute atomic E-state index is 11.0. The zero-order chi connectivity index (χ0) is 15.0. The highest BCUT2D eigenvalue weighted by molar-refractivity contribution is 5.48. The van der Waals surface area contributed by atoms with Gasteiger partial charge >= 0.3 is 5.69 Å². The third-order valence-electron chi connectivity index (χ3n) is 2.76.